The van der Waals surface area contributed by atoms with Crippen LogP contribution in [0, 0.1) is 0 Å². The lowest BCUT2D eigenvalue weighted by Gasteiger charge is -2.06. The summed E-state index contributed by atoms with van der Waals surface area (Å²) in [5, 5.41) is 1.56. The Morgan fingerprint density at radius 3 is 2.64 bits per heavy atom. The van der Waals surface area contributed by atoms with E-state index in [-0.39, 0.29) is 29.4 Å². The van der Waals surface area contributed by atoms with Crippen molar-refractivity contribution in [2.45, 2.75) is 13.0 Å². The molecule has 0 spiro atoms. The van der Waals surface area contributed by atoms with Crippen molar-refractivity contribution in [2.24, 2.45) is 5.73 Å². The van der Waals surface area contributed by atoms with Gasteiger partial charge in [0.15, 0.2) is 5.43 Å². The second kappa shape index (κ2) is 8.01. The summed E-state index contributed by atoms with van der Waals surface area (Å²) in [6.45, 7) is 1.81. The molecule has 116 valence electrons. The van der Waals surface area contributed by atoms with Gasteiger partial charge in [-0.1, -0.05) is 18.2 Å². The predicted molar refractivity (Wildman–Crippen MR) is 104 cm³/mol. The van der Waals surface area contributed by atoms with Crippen molar-refractivity contribution in [1.29, 1.82) is 0 Å². The van der Waals surface area contributed by atoms with E-state index in [4.69, 9.17) is 10.5 Å². The molecule has 0 aliphatic carbocycles. The van der Waals surface area contributed by atoms with Gasteiger partial charge in [0, 0.05) is 26.8 Å². The second-order valence-corrected chi connectivity index (χ2v) is 6.04. The fourth-order valence-corrected chi connectivity index (χ4v) is 3.37. The number of benzene rings is 2. The summed E-state index contributed by atoms with van der Waals surface area (Å²) in [5.74, 6) is 0. The van der Waals surface area contributed by atoms with Crippen molar-refractivity contribution in [3.05, 3.63) is 58.3 Å². The molecule has 1 heterocycles. The van der Waals surface area contributed by atoms with E-state index in [1.807, 2.05) is 42.5 Å². The molecule has 0 fully saturated rings. The van der Waals surface area contributed by atoms with E-state index < -0.39 is 0 Å². The molecule has 2 N–H and O–H groups in total. The first-order chi connectivity index (χ1) is 10.3. The lowest BCUT2D eigenvalue weighted by Crippen LogP contribution is -2.05. The minimum Gasteiger partial charge on any atom is -0.377 e. The molecule has 0 saturated heterocycles. The summed E-state index contributed by atoms with van der Waals surface area (Å²) in [5.41, 5.74) is 6.56. The summed E-state index contributed by atoms with van der Waals surface area (Å²) in [7, 11) is 0. The van der Waals surface area contributed by atoms with Gasteiger partial charge in [0.25, 0.3) is 0 Å². The van der Waals surface area contributed by atoms with Gasteiger partial charge in [-0.2, -0.15) is 0 Å². The van der Waals surface area contributed by atoms with Gasteiger partial charge in [0.1, 0.15) is 0 Å². The number of hydrogen-bond donors (Lipinski definition) is 1. The molecule has 2 aromatic carbocycles. The van der Waals surface area contributed by atoms with Gasteiger partial charge < -0.3 is 10.5 Å². The largest absolute Gasteiger partial charge is 0.377 e. The molecule has 0 aliphatic rings. The van der Waals surface area contributed by atoms with Crippen LogP contribution in [-0.4, -0.2) is 13.2 Å². The van der Waals surface area contributed by atoms with Crippen molar-refractivity contribution < 1.29 is 4.74 Å². The quantitative estimate of drug-likeness (QED) is 0.382. The number of rotatable bonds is 5. The van der Waals surface area contributed by atoms with Crippen LogP contribution in [0.25, 0.3) is 20.2 Å². The average Bonchev–Trinajstić information content (AvgIpc) is 2.52. The zero-order valence-electron chi connectivity index (χ0n) is 12.1. The van der Waals surface area contributed by atoms with Crippen LogP contribution < -0.4 is 11.2 Å². The Kier molecular flexibility index (Phi) is 6.31. The summed E-state index contributed by atoms with van der Waals surface area (Å²) in [6.07, 6.45) is 0.854. The Hall–Kier alpha value is -1.02. The van der Waals surface area contributed by atoms with E-state index in [1.54, 1.807) is 11.3 Å². The first-order valence-electron chi connectivity index (χ1n) is 7.02. The van der Waals surface area contributed by atoms with Crippen LogP contribution in [-0.2, 0) is 11.3 Å². The van der Waals surface area contributed by atoms with E-state index in [0.717, 1.165) is 32.2 Å². The van der Waals surface area contributed by atoms with E-state index >= 15 is 0 Å². The summed E-state index contributed by atoms with van der Waals surface area (Å²) in [4.78, 5) is 12.6. The van der Waals surface area contributed by atoms with Gasteiger partial charge in [0.05, 0.1) is 6.61 Å². The Labute approximate surface area is 150 Å². The van der Waals surface area contributed by atoms with E-state index in [2.05, 4.69) is 0 Å². The Morgan fingerprint density at radius 1 is 1.05 bits per heavy atom. The van der Waals surface area contributed by atoms with Crippen molar-refractivity contribution in [3.63, 3.8) is 0 Å². The van der Waals surface area contributed by atoms with Crippen LogP contribution in [0.4, 0.5) is 0 Å². The van der Waals surface area contributed by atoms with E-state index in [9.17, 15) is 4.79 Å². The van der Waals surface area contributed by atoms with Crippen LogP contribution in [0.3, 0.4) is 0 Å². The van der Waals surface area contributed by atoms with Crippen LogP contribution in [0.1, 0.15) is 12.0 Å². The van der Waals surface area contributed by atoms with Crippen molar-refractivity contribution in [1.82, 2.24) is 0 Å². The highest BCUT2D eigenvalue weighted by molar-refractivity contribution is 14.0. The highest BCUT2D eigenvalue weighted by Crippen LogP contribution is 2.25. The fourth-order valence-electron chi connectivity index (χ4n) is 2.32. The lowest BCUT2D eigenvalue weighted by molar-refractivity contribution is 0.120. The topological polar surface area (TPSA) is 52.3 Å². The summed E-state index contributed by atoms with van der Waals surface area (Å²) in [6, 6.07) is 13.7. The third kappa shape index (κ3) is 3.65. The highest BCUT2D eigenvalue weighted by atomic mass is 127. The molecule has 0 radical (unpaired) electrons. The molecule has 0 atom stereocenters. The minimum absolute atomic E-state index is 0. The van der Waals surface area contributed by atoms with Gasteiger partial charge in [-0.05, 0) is 42.8 Å². The third-order valence-electron chi connectivity index (χ3n) is 3.40. The molecule has 3 rings (SSSR count). The predicted octanol–water partition coefficient (Wildman–Crippen LogP) is 3.90. The van der Waals surface area contributed by atoms with Crippen LogP contribution in [0.15, 0.2) is 47.3 Å². The van der Waals surface area contributed by atoms with Gasteiger partial charge in [-0.3, -0.25) is 4.79 Å². The molecular weight excluding hydrogens is 409 g/mol. The Morgan fingerprint density at radius 2 is 1.82 bits per heavy atom. The molecule has 3 nitrogen and oxygen atoms in total. The maximum absolute atomic E-state index is 12.6. The number of hydrogen-bond acceptors (Lipinski definition) is 4. The summed E-state index contributed by atoms with van der Waals surface area (Å²) >= 11 is 1.65. The number of nitrogens with two attached hydrogens (primary N) is 1. The molecule has 0 saturated carbocycles. The standard InChI is InChI=1S/C17H17NO2S.HI/c18-8-3-9-20-11-12-6-7-16-14(10-12)17(19)13-4-1-2-5-15(13)21-16;/h1-2,4-7,10H,3,8-9,11,18H2;1H. The van der Waals surface area contributed by atoms with E-state index in [0.29, 0.717) is 19.8 Å². The Balaban J connectivity index is 0.00000176. The zero-order valence-corrected chi connectivity index (χ0v) is 15.2. The molecule has 22 heavy (non-hydrogen) atoms. The molecule has 0 amide bonds. The normalized spacial score (nSPS) is 10.8. The van der Waals surface area contributed by atoms with Crippen LogP contribution >= 0.6 is 35.3 Å². The maximum Gasteiger partial charge on any atom is 0.195 e. The van der Waals surface area contributed by atoms with Crippen molar-refractivity contribution in [2.75, 3.05) is 13.2 Å². The van der Waals surface area contributed by atoms with Crippen molar-refractivity contribution >= 4 is 55.5 Å². The molecule has 1 aromatic heterocycles. The SMILES string of the molecule is I.NCCCOCc1ccc2sc3ccccc3c(=O)c2c1. The van der Waals surface area contributed by atoms with Crippen LogP contribution in [0.5, 0.6) is 0 Å². The minimum atomic E-state index is 0. The molecule has 5 heteroatoms. The molecule has 3 aromatic rings. The molecule has 0 unspecified atom stereocenters. The fraction of sp³-hybridized carbons (Fsp3) is 0.235. The smallest absolute Gasteiger partial charge is 0.195 e. The number of ether oxygens (including phenoxy) is 1. The zero-order chi connectivity index (χ0) is 14.7. The summed E-state index contributed by atoms with van der Waals surface area (Å²) < 4.78 is 7.61. The first-order valence-corrected chi connectivity index (χ1v) is 7.83. The molecular formula is C17H18INO2S. The Bertz CT molecular complexity index is 832. The highest BCUT2D eigenvalue weighted by Gasteiger charge is 2.06. The van der Waals surface area contributed by atoms with E-state index in [1.165, 1.54) is 0 Å². The van der Waals surface area contributed by atoms with Gasteiger partial charge in [-0.15, -0.1) is 35.3 Å². The third-order valence-corrected chi connectivity index (χ3v) is 4.55. The molecule has 0 bridgehead atoms. The van der Waals surface area contributed by atoms with Gasteiger partial charge in [-0.25, -0.2) is 0 Å². The van der Waals surface area contributed by atoms with Gasteiger partial charge >= 0.3 is 0 Å². The maximum atomic E-state index is 12.6. The first kappa shape index (κ1) is 17.3. The lowest BCUT2D eigenvalue weighted by atomic mass is 10.1. The monoisotopic (exact) mass is 427 g/mol. The van der Waals surface area contributed by atoms with Crippen molar-refractivity contribution in [3.8, 4) is 0 Å². The average molecular weight is 427 g/mol. The van der Waals surface area contributed by atoms with Crippen LogP contribution in [0.2, 0.25) is 0 Å². The second-order valence-electron chi connectivity index (χ2n) is 4.95. The van der Waals surface area contributed by atoms with Gasteiger partial charge in [0.2, 0.25) is 0 Å². The molecule has 0 aliphatic heterocycles. The number of halogens is 1. The number of fused-ring (bicyclic) bond motifs is 2.